The number of imide groups is 1. The number of methoxy groups -OCH3 is 1. The van der Waals surface area contributed by atoms with Gasteiger partial charge in [-0.15, -0.1) is 0 Å². The molecule has 164 valence electrons. The number of ether oxygens (including phenoxy) is 1. The third kappa shape index (κ3) is 4.29. The fourth-order valence-corrected chi connectivity index (χ4v) is 4.56. The molecule has 2 aromatic rings. The molecular formula is C24H32N4O3+2. The van der Waals surface area contributed by atoms with Gasteiger partial charge in [0.25, 0.3) is 5.91 Å². The van der Waals surface area contributed by atoms with Gasteiger partial charge >= 0.3 is 6.03 Å². The van der Waals surface area contributed by atoms with Gasteiger partial charge in [0.1, 0.15) is 44.0 Å². The molecule has 2 aromatic carbocycles. The molecule has 2 aliphatic heterocycles. The van der Waals surface area contributed by atoms with E-state index in [9.17, 15) is 9.59 Å². The number of benzene rings is 2. The van der Waals surface area contributed by atoms with Crippen LogP contribution in [0.1, 0.15) is 23.6 Å². The number of rotatable bonds is 6. The number of hydrogen-bond acceptors (Lipinski definition) is 3. The van der Waals surface area contributed by atoms with E-state index in [0.717, 1.165) is 38.3 Å². The third-order valence-corrected chi connectivity index (χ3v) is 6.67. The summed E-state index contributed by atoms with van der Waals surface area (Å²) in [6, 6.07) is 15.5. The Morgan fingerprint density at radius 3 is 2.45 bits per heavy atom. The maximum atomic E-state index is 13.2. The van der Waals surface area contributed by atoms with Gasteiger partial charge in [0, 0.05) is 5.56 Å². The predicted octanol–water partition coefficient (Wildman–Crippen LogP) is -0.288. The van der Waals surface area contributed by atoms with E-state index in [4.69, 9.17) is 4.74 Å². The average Bonchev–Trinajstić information content (AvgIpc) is 3.00. The quantitative estimate of drug-likeness (QED) is 0.559. The summed E-state index contributed by atoms with van der Waals surface area (Å²) >= 11 is 0. The van der Waals surface area contributed by atoms with Gasteiger partial charge in [0.05, 0.1) is 7.11 Å². The molecule has 0 radical (unpaired) electrons. The molecule has 0 saturated carbocycles. The van der Waals surface area contributed by atoms with Gasteiger partial charge in [-0.05, 0) is 37.1 Å². The van der Waals surface area contributed by atoms with Crippen molar-refractivity contribution in [1.29, 1.82) is 0 Å². The molecule has 0 bridgehead atoms. The van der Waals surface area contributed by atoms with Crippen LogP contribution in [0, 0.1) is 6.92 Å². The average molecular weight is 425 g/mol. The van der Waals surface area contributed by atoms with Gasteiger partial charge in [0.15, 0.2) is 6.67 Å². The Labute approximate surface area is 183 Å². The first-order chi connectivity index (χ1) is 14.9. The van der Waals surface area contributed by atoms with Crippen molar-refractivity contribution in [2.45, 2.75) is 25.9 Å². The molecule has 4 rings (SSSR count). The summed E-state index contributed by atoms with van der Waals surface area (Å²) in [7, 11) is 1.59. The fourth-order valence-electron chi connectivity index (χ4n) is 4.56. The summed E-state index contributed by atoms with van der Waals surface area (Å²) in [5.74, 6) is 0.463. The van der Waals surface area contributed by atoms with Crippen LogP contribution in [0.4, 0.5) is 4.79 Å². The van der Waals surface area contributed by atoms with E-state index >= 15 is 0 Å². The molecule has 0 aliphatic carbocycles. The standard InChI is InChI=1S/C24H30N4O3/c1-18-7-4-5-8-19(18)16-26-11-13-27(14-12-26)17-28-22(29)24(2,25-23(28)30)20-9-6-10-21(15-20)31-3/h4-10,15H,11-14,16-17H2,1-3H3,(H,25,30)/p+2/t24-/m0/s1. The lowest BCUT2D eigenvalue weighted by Gasteiger charge is -2.31. The minimum Gasteiger partial charge on any atom is -0.497 e. The first kappa shape index (κ1) is 21.3. The van der Waals surface area contributed by atoms with Gasteiger partial charge in [-0.2, -0.15) is 0 Å². The highest BCUT2D eigenvalue weighted by atomic mass is 16.5. The molecule has 0 unspecified atom stereocenters. The molecule has 31 heavy (non-hydrogen) atoms. The minimum absolute atomic E-state index is 0.201. The van der Waals surface area contributed by atoms with Crippen LogP contribution >= 0.6 is 0 Å². The predicted molar refractivity (Wildman–Crippen MR) is 117 cm³/mol. The zero-order chi connectivity index (χ0) is 22.0. The van der Waals surface area contributed by atoms with Gasteiger partial charge < -0.3 is 19.9 Å². The highest BCUT2D eigenvalue weighted by Gasteiger charge is 2.50. The summed E-state index contributed by atoms with van der Waals surface area (Å²) in [5.41, 5.74) is 2.39. The van der Waals surface area contributed by atoms with Crippen molar-refractivity contribution < 1.29 is 24.1 Å². The number of carbonyl (C=O) groups excluding carboxylic acids is 2. The lowest BCUT2D eigenvalue weighted by Crippen LogP contribution is -3.28. The van der Waals surface area contributed by atoms with E-state index in [1.807, 2.05) is 24.3 Å². The van der Waals surface area contributed by atoms with Gasteiger partial charge in [-0.1, -0.05) is 36.4 Å². The number of quaternary nitrogens is 2. The molecule has 2 saturated heterocycles. The monoisotopic (exact) mass is 424 g/mol. The van der Waals surface area contributed by atoms with Gasteiger partial charge in [-0.3, -0.25) is 4.79 Å². The number of nitrogens with zero attached hydrogens (tertiary/aromatic N) is 1. The Morgan fingerprint density at radius 1 is 1.03 bits per heavy atom. The summed E-state index contributed by atoms with van der Waals surface area (Å²) in [5, 5.41) is 2.90. The van der Waals surface area contributed by atoms with Crippen LogP contribution in [0.15, 0.2) is 48.5 Å². The Bertz CT molecular complexity index is 971. The maximum absolute atomic E-state index is 13.2. The van der Waals surface area contributed by atoms with Crippen LogP contribution in [0.2, 0.25) is 0 Å². The lowest BCUT2D eigenvalue weighted by atomic mass is 9.92. The van der Waals surface area contributed by atoms with Crippen LogP contribution < -0.4 is 19.9 Å². The molecule has 7 heteroatoms. The van der Waals surface area contributed by atoms with Crippen molar-refractivity contribution in [1.82, 2.24) is 10.2 Å². The molecule has 0 aromatic heterocycles. The molecule has 2 aliphatic rings. The summed E-state index contributed by atoms with van der Waals surface area (Å²) in [6.45, 7) is 9.29. The highest BCUT2D eigenvalue weighted by Crippen LogP contribution is 2.30. The van der Waals surface area contributed by atoms with Crippen molar-refractivity contribution in [3.8, 4) is 5.75 Å². The smallest absolute Gasteiger partial charge is 0.329 e. The molecule has 2 heterocycles. The van der Waals surface area contributed by atoms with Crippen molar-refractivity contribution in [3.05, 3.63) is 65.2 Å². The number of hydrogen-bond donors (Lipinski definition) is 3. The lowest BCUT2D eigenvalue weighted by molar-refractivity contribution is -1.02. The second-order valence-electron chi connectivity index (χ2n) is 8.78. The Morgan fingerprint density at radius 2 is 1.74 bits per heavy atom. The zero-order valence-corrected chi connectivity index (χ0v) is 18.5. The van der Waals surface area contributed by atoms with E-state index in [0.29, 0.717) is 12.4 Å². The van der Waals surface area contributed by atoms with Crippen molar-refractivity contribution in [3.63, 3.8) is 0 Å². The summed E-state index contributed by atoms with van der Waals surface area (Å²) in [4.78, 5) is 30.1. The van der Waals surface area contributed by atoms with Crippen molar-refractivity contribution >= 4 is 11.9 Å². The number of urea groups is 1. The van der Waals surface area contributed by atoms with Crippen LogP contribution in [-0.2, 0) is 16.9 Å². The number of aryl methyl sites for hydroxylation is 1. The maximum Gasteiger partial charge on any atom is 0.329 e. The highest BCUT2D eigenvalue weighted by molar-refractivity contribution is 6.07. The van der Waals surface area contributed by atoms with Crippen LogP contribution in [-0.4, -0.2) is 56.8 Å². The second-order valence-corrected chi connectivity index (χ2v) is 8.78. The second kappa shape index (κ2) is 8.69. The third-order valence-electron chi connectivity index (χ3n) is 6.67. The molecule has 3 N–H and O–H groups in total. The van der Waals surface area contributed by atoms with Crippen molar-refractivity contribution in [2.75, 3.05) is 40.0 Å². The Kier molecular flexibility index (Phi) is 5.98. The number of piperazine rings is 1. The number of carbonyl (C=O) groups is 2. The van der Waals surface area contributed by atoms with Crippen molar-refractivity contribution in [2.24, 2.45) is 0 Å². The number of nitrogens with one attached hydrogen (secondary N) is 3. The molecule has 2 fully saturated rings. The van der Waals surface area contributed by atoms with Crippen LogP contribution in [0.5, 0.6) is 5.75 Å². The van der Waals surface area contributed by atoms with E-state index in [1.165, 1.54) is 20.9 Å². The molecular weight excluding hydrogens is 392 g/mol. The minimum atomic E-state index is -1.07. The summed E-state index contributed by atoms with van der Waals surface area (Å²) < 4.78 is 5.29. The van der Waals surface area contributed by atoms with Crippen LogP contribution in [0.25, 0.3) is 0 Å². The zero-order valence-electron chi connectivity index (χ0n) is 18.5. The first-order valence-electron chi connectivity index (χ1n) is 10.9. The van der Waals surface area contributed by atoms with Crippen LogP contribution in [0.3, 0.4) is 0 Å². The number of amides is 3. The van der Waals surface area contributed by atoms with E-state index in [1.54, 1.807) is 18.9 Å². The van der Waals surface area contributed by atoms with E-state index < -0.39 is 5.54 Å². The largest absolute Gasteiger partial charge is 0.497 e. The van der Waals surface area contributed by atoms with E-state index in [2.05, 4.69) is 36.5 Å². The Balaban J connectivity index is 1.37. The molecule has 1 atom stereocenters. The summed E-state index contributed by atoms with van der Waals surface area (Å²) in [6.07, 6.45) is 0. The van der Waals surface area contributed by atoms with E-state index in [-0.39, 0.29) is 11.9 Å². The molecule has 0 spiro atoms. The topological polar surface area (TPSA) is 67.5 Å². The molecule has 7 nitrogen and oxygen atoms in total. The van der Waals surface area contributed by atoms with Gasteiger partial charge in [0.2, 0.25) is 0 Å². The molecule has 3 amide bonds. The SMILES string of the molecule is COc1cccc([C@]2(C)NC(=O)N(C[NH+]3CC[NH+](Cc4ccccc4C)CC3)C2=O)c1. The first-order valence-corrected chi connectivity index (χ1v) is 10.9. The normalized spacial score (nSPS) is 26.1. The fraction of sp³-hybridized carbons (Fsp3) is 0.417. The Hall–Kier alpha value is -2.90. The van der Waals surface area contributed by atoms with Gasteiger partial charge in [-0.25, -0.2) is 9.69 Å².